The number of hydrogen-bond acceptors (Lipinski definition) is 3. The number of rotatable bonds is 7. The van der Waals surface area contributed by atoms with Crippen LogP contribution < -0.4 is 10.5 Å². The van der Waals surface area contributed by atoms with E-state index in [2.05, 4.69) is 16.7 Å². The number of primary amides is 1. The molecule has 0 aliphatic carbocycles. The Hall–Kier alpha value is -4.09. The number of nitrogens with two attached hydrogens (primary N) is 1. The van der Waals surface area contributed by atoms with Crippen molar-refractivity contribution in [3.63, 3.8) is 0 Å². The first-order valence-electron chi connectivity index (χ1n) is 10.8. The molecule has 0 radical (unpaired) electrons. The van der Waals surface area contributed by atoms with Crippen molar-refractivity contribution in [3.8, 4) is 11.5 Å². The summed E-state index contributed by atoms with van der Waals surface area (Å²) in [6, 6.07) is 29.6. The van der Waals surface area contributed by atoms with E-state index in [0.717, 1.165) is 44.4 Å². The molecule has 2 N–H and O–H groups in total. The Balaban J connectivity index is 1.69. The minimum atomic E-state index is -0.437. The Bertz CT molecular complexity index is 1450. The molecule has 1 amide bonds. The van der Waals surface area contributed by atoms with Crippen molar-refractivity contribution in [2.75, 3.05) is 7.11 Å². The Labute approximate surface area is 192 Å². The van der Waals surface area contributed by atoms with Gasteiger partial charge in [0.2, 0.25) is 5.91 Å². The standard InChI is InChI=1S/C28H24N2O3/c1-32-18-19-14-15-22-25(16-19)30(24-12-7-11-23(27(22)24)28(29)31)17-20-8-5-6-13-26(20)33-21-9-3-2-4-10-21/h2-16H,17-18H2,1H3,(H2,29,31). The van der Waals surface area contributed by atoms with Crippen LogP contribution in [0.25, 0.3) is 21.8 Å². The summed E-state index contributed by atoms with van der Waals surface area (Å²) < 4.78 is 13.8. The normalized spacial score (nSPS) is 11.2. The van der Waals surface area contributed by atoms with E-state index in [1.165, 1.54) is 0 Å². The van der Waals surface area contributed by atoms with Crippen LogP contribution in [0.2, 0.25) is 0 Å². The highest BCUT2D eigenvalue weighted by Crippen LogP contribution is 2.34. The lowest BCUT2D eigenvalue weighted by Crippen LogP contribution is -2.11. The summed E-state index contributed by atoms with van der Waals surface area (Å²) >= 11 is 0. The molecule has 0 saturated carbocycles. The van der Waals surface area contributed by atoms with Crippen LogP contribution >= 0.6 is 0 Å². The van der Waals surface area contributed by atoms with Gasteiger partial charge in [0.05, 0.1) is 18.7 Å². The topological polar surface area (TPSA) is 66.5 Å². The van der Waals surface area contributed by atoms with E-state index in [0.29, 0.717) is 18.7 Å². The molecule has 33 heavy (non-hydrogen) atoms. The Morgan fingerprint density at radius 3 is 2.45 bits per heavy atom. The fourth-order valence-corrected chi connectivity index (χ4v) is 4.34. The number of amides is 1. The fourth-order valence-electron chi connectivity index (χ4n) is 4.34. The van der Waals surface area contributed by atoms with Crippen LogP contribution in [0, 0.1) is 0 Å². The van der Waals surface area contributed by atoms with E-state index in [-0.39, 0.29) is 0 Å². The number of carbonyl (C=O) groups excluding carboxylic acids is 1. The maximum absolute atomic E-state index is 12.2. The molecule has 1 heterocycles. The number of hydrogen-bond donors (Lipinski definition) is 1. The summed E-state index contributed by atoms with van der Waals surface area (Å²) in [4.78, 5) is 12.2. The highest BCUT2D eigenvalue weighted by Gasteiger charge is 2.18. The molecule has 0 atom stereocenters. The predicted molar refractivity (Wildman–Crippen MR) is 131 cm³/mol. The number of methoxy groups -OCH3 is 1. The van der Waals surface area contributed by atoms with Gasteiger partial charge in [-0.2, -0.15) is 0 Å². The van der Waals surface area contributed by atoms with Gasteiger partial charge in [0.25, 0.3) is 0 Å². The second-order valence-electron chi connectivity index (χ2n) is 7.96. The largest absolute Gasteiger partial charge is 0.457 e. The van der Waals surface area contributed by atoms with Crippen molar-refractivity contribution >= 4 is 27.7 Å². The number of benzene rings is 4. The summed E-state index contributed by atoms with van der Waals surface area (Å²) in [5.74, 6) is 1.14. The third-order valence-corrected chi connectivity index (χ3v) is 5.80. The molecule has 5 heteroatoms. The van der Waals surface area contributed by atoms with Crippen LogP contribution in [-0.2, 0) is 17.9 Å². The van der Waals surface area contributed by atoms with Crippen LogP contribution in [0.5, 0.6) is 11.5 Å². The molecule has 164 valence electrons. The first-order valence-corrected chi connectivity index (χ1v) is 10.8. The molecular formula is C28H24N2O3. The van der Waals surface area contributed by atoms with Gasteiger partial charge in [0, 0.05) is 34.5 Å². The molecule has 0 bridgehead atoms. The molecule has 0 aliphatic heterocycles. The summed E-state index contributed by atoms with van der Waals surface area (Å²) in [6.45, 7) is 1.08. The van der Waals surface area contributed by atoms with E-state index in [1.807, 2.05) is 72.8 Å². The lowest BCUT2D eigenvalue weighted by Gasteiger charge is -2.14. The average Bonchev–Trinajstić information content (AvgIpc) is 3.14. The van der Waals surface area contributed by atoms with E-state index in [1.54, 1.807) is 13.2 Å². The van der Waals surface area contributed by atoms with Crippen LogP contribution in [0.4, 0.5) is 0 Å². The van der Waals surface area contributed by atoms with Crippen LogP contribution in [-0.4, -0.2) is 17.6 Å². The molecule has 5 nitrogen and oxygen atoms in total. The average molecular weight is 437 g/mol. The van der Waals surface area contributed by atoms with Crippen molar-refractivity contribution in [2.45, 2.75) is 13.2 Å². The summed E-state index contributed by atoms with van der Waals surface area (Å²) in [6.07, 6.45) is 0. The van der Waals surface area contributed by atoms with Crippen molar-refractivity contribution in [1.29, 1.82) is 0 Å². The number of nitrogens with zero attached hydrogens (tertiary/aromatic N) is 1. The monoisotopic (exact) mass is 436 g/mol. The first-order chi connectivity index (χ1) is 16.2. The second kappa shape index (κ2) is 8.81. The predicted octanol–water partition coefficient (Wildman–Crippen LogP) is 5.88. The zero-order valence-corrected chi connectivity index (χ0v) is 18.3. The number of para-hydroxylation sites is 2. The van der Waals surface area contributed by atoms with E-state index >= 15 is 0 Å². The van der Waals surface area contributed by atoms with Crippen molar-refractivity contribution in [2.24, 2.45) is 5.73 Å². The number of aromatic nitrogens is 1. The third kappa shape index (κ3) is 3.95. The molecular weight excluding hydrogens is 412 g/mol. The first kappa shape index (κ1) is 20.8. The van der Waals surface area contributed by atoms with Gasteiger partial charge in [-0.05, 0) is 42.0 Å². The molecule has 0 aliphatic rings. The molecule has 0 spiro atoms. The highest BCUT2D eigenvalue weighted by molar-refractivity contribution is 6.18. The van der Waals surface area contributed by atoms with Crippen LogP contribution in [0.15, 0.2) is 91.0 Å². The highest BCUT2D eigenvalue weighted by atomic mass is 16.5. The Morgan fingerprint density at radius 1 is 0.879 bits per heavy atom. The zero-order valence-electron chi connectivity index (χ0n) is 18.3. The minimum absolute atomic E-state index is 0.437. The number of fused-ring (bicyclic) bond motifs is 3. The van der Waals surface area contributed by atoms with E-state index in [4.69, 9.17) is 15.2 Å². The maximum Gasteiger partial charge on any atom is 0.249 e. The smallest absolute Gasteiger partial charge is 0.249 e. The van der Waals surface area contributed by atoms with E-state index in [9.17, 15) is 4.79 Å². The van der Waals surface area contributed by atoms with Gasteiger partial charge in [0.1, 0.15) is 11.5 Å². The third-order valence-electron chi connectivity index (χ3n) is 5.80. The lowest BCUT2D eigenvalue weighted by atomic mass is 10.0. The molecule has 5 aromatic rings. The van der Waals surface area contributed by atoms with Gasteiger partial charge in [0.15, 0.2) is 0 Å². The number of ether oxygens (including phenoxy) is 2. The fraction of sp³-hybridized carbons (Fsp3) is 0.107. The van der Waals surface area contributed by atoms with Gasteiger partial charge in [-0.1, -0.05) is 54.6 Å². The van der Waals surface area contributed by atoms with Crippen molar-refractivity contribution in [1.82, 2.24) is 4.57 Å². The van der Waals surface area contributed by atoms with Gasteiger partial charge < -0.3 is 19.8 Å². The quantitative estimate of drug-likeness (QED) is 0.346. The molecule has 5 rings (SSSR count). The van der Waals surface area contributed by atoms with Crippen molar-refractivity contribution in [3.05, 3.63) is 108 Å². The van der Waals surface area contributed by atoms with E-state index < -0.39 is 5.91 Å². The second-order valence-corrected chi connectivity index (χ2v) is 7.96. The lowest BCUT2D eigenvalue weighted by molar-refractivity contribution is 0.100. The van der Waals surface area contributed by atoms with Crippen molar-refractivity contribution < 1.29 is 14.3 Å². The minimum Gasteiger partial charge on any atom is -0.457 e. The van der Waals surface area contributed by atoms with Crippen LogP contribution in [0.1, 0.15) is 21.5 Å². The molecule has 0 fully saturated rings. The van der Waals surface area contributed by atoms with Crippen LogP contribution in [0.3, 0.4) is 0 Å². The number of carbonyl (C=O) groups is 1. The molecule has 1 aromatic heterocycles. The van der Waals surface area contributed by atoms with Gasteiger partial charge in [-0.15, -0.1) is 0 Å². The maximum atomic E-state index is 12.2. The Morgan fingerprint density at radius 2 is 1.67 bits per heavy atom. The summed E-state index contributed by atoms with van der Waals surface area (Å²) in [5.41, 5.74) is 10.3. The van der Waals surface area contributed by atoms with Gasteiger partial charge in [-0.25, -0.2) is 0 Å². The molecule has 4 aromatic carbocycles. The van der Waals surface area contributed by atoms with Gasteiger partial charge in [-0.3, -0.25) is 4.79 Å². The summed E-state index contributed by atoms with van der Waals surface area (Å²) in [5, 5.41) is 1.85. The Kier molecular flexibility index (Phi) is 5.55. The van der Waals surface area contributed by atoms with Gasteiger partial charge >= 0.3 is 0 Å². The zero-order chi connectivity index (χ0) is 22.8. The molecule has 0 saturated heterocycles. The summed E-state index contributed by atoms with van der Waals surface area (Å²) in [7, 11) is 1.68. The molecule has 0 unspecified atom stereocenters. The SMILES string of the molecule is COCc1ccc2c3c(C(N)=O)cccc3n(Cc3ccccc3Oc3ccccc3)c2c1.